The SMILES string of the molecule is CC(C)(C)OC(=O)N1CCN(c2ccc(C#N)c(-c3ccc(Oc4ccccc4)cc3)n2)CC1. The van der Waals surface area contributed by atoms with Gasteiger partial charge in [-0.05, 0) is 69.3 Å². The van der Waals surface area contributed by atoms with E-state index < -0.39 is 5.60 Å². The molecule has 174 valence electrons. The zero-order valence-corrected chi connectivity index (χ0v) is 19.7. The number of pyridine rings is 1. The fourth-order valence-corrected chi connectivity index (χ4v) is 3.69. The molecule has 0 spiro atoms. The molecule has 0 bridgehead atoms. The predicted molar refractivity (Wildman–Crippen MR) is 131 cm³/mol. The molecule has 2 aromatic carbocycles. The number of hydrogen-bond acceptors (Lipinski definition) is 6. The normalized spacial score (nSPS) is 13.8. The molecule has 7 heteroatoms. The first-order chi connectivity index (χ1) is 16.3. The monoisotopic (exact) mass is 456 g/mol. The summed E-state index contributed by atoms with van der Waals surface area (Å²) in [5.41, 5.74) is 1.46. The van der Waals surface area contributed by atoms with E-state index in [4.69, 9.17) is 14.5 Å². The lowest BCUT2D eigenvalue weighted by molar-refractivity contribution is 0.0240. The summed E-state index contributed by atoms with van der Waals surface area (Å²) < 4.78 is 11.3. The van der Waals surface area contributed by atoms with E-state index in [0.29, 0.717) is 43.2 Å². The molecular weight excluding hydrogens is 428 g/mol. The minimum absolute atomic E-state index is 0.293. The molecule has 0 N–H and O–H groups in total. The van der Waals surface area contributed by atoms with Crippen molar-refractivity contribution in [1.82, 2.24) is 9.88 Å². The van der Waals surface area contributed by atoms with Gasteiger partial charge in [-0.25, -0.2) is 9.78 Å². The standard InChI is InChI=1S/C27H28N4O3/c1-27(2,3)34-26(32)31-17-15-30(16-18-31)24-14-11-21(19-28)25(29-24)20-9-12-23(13-10-20)33-22-7-5-4-6-8-22/h4-14H,15-18H2,1-3H3. The Labute approximate surface area is 200 Å². The number of para-hydroxylation sites is 1. The summed E-state index contributed by atoms with van der Waals surface area (Å²) in [6.45, 7) is 7.98. The van der Waals surface area contributed by atoms with Crippen LogP contribution in [-0.2, 0) is 4.74 Å². The van der Waals surface area contributed by atoms with E-state index in [-0.39, 0.29) is 6.09 Å². The molecule has 2 heterocycles. The predicted octanol–water partition coefficient (Wildman–Crippen LogP) is 5.47. The number of carbonyl (C=O) groups is 1. The van der Waals surface area contributed by atoms with Gasteiger partial charge in [0.15, 0.2) is 0 Å². The van der Waals surface area contributed by atoms with Gasteiger partial charge >= 0.3 is 6.09 Å². The van der Waals surface area contributed by atoms with Crippen molar-refractivity contribution in [3.63, 3.8) is 0 Å². The second-order valence-electron chi connectivity index (χ2n) is 9.07. The van der Waals surface area contributed by atoms with Gasteiger partial charge in [0.1, 0.15) is 29.0 Å². The molecule has 0 aliphatic carbocycles. The number of nitriles is 1. The number of carbonyl (C=O) groups excluding carboxylic acids is 1. The second-order valence-corrected chi connectivity index (χ2v) is 9.07. The molecule has 1 saturated heterocycles. The van der Waals surface area contributed by atoms with Gasteiger partial charge in [-0.1, -0.05) is 18.2 Å². The maximum absolute atomic E-state index is 12.3. The van der Waals surface area contributed by atoms with E-state index in [1.165, 1.54) is 0 Å². The molecule has 7 nitrogen and oxygen atoms in total. The average molecular weight is 457 g/mol. The summed E-state index contributed by atoms with van der Waals surface area (Å²) in [5.74, 6) is 2.25. The van der Waals surface area contributed by atoms with Crippen molar-refractivity contribution in [3.05, 3.63) is 72.3 Å². The molecule has 1 fully saturated rings. The molecule has 3 aromatic rings. The van der Waals surface area contributed by atoms with Crippen LogP contribution in [-0.4, -0.2) is 47.8 Å². The Balaban J connectivity index is 1.47. The quantitative estimate of drug-likeness (QED) is 0.518. The summed E-state index contributed by atoms with van der Waals surface area (Å²) in [6, 6.07) is 23.0. The second kappa shape index (κ2) is 9.84. The summed E-state index contributed by atoms with van der Waals surface area (Å²) in [6.07, 6.45) is -0.293. The highest BCUT2D eigenvalue weighted by molar-refractivity contribution is 5.70. The van der Waals surface area contributed by atoms with Gasteiger partial charge in [-0.15, -0.1) is 0 Å². The number of amides is 1. The smallest absolute Gasteiger partial charge is 0.410 e. The highest BCUT2D eigenvalue weighted by atomic mass is 16.6. The Bertz CT molecular complexity index is 1170. The van der Waals surface area contributed by atoms with E-state index in [0.717, 1.165) is 17.1 Å². The van der Waals surface area contributed by atoms with Crippen LogP contribution in [0.25, 0.3) is 11.3 Å². The van der Waals surface area contributed by atoms with Crippen molar-refractivity contribution in [2.45, 2.75) is 26.4 Å². The maximum Gasteiger partial charge on any atom is 0.410 e. The van der Waals surface area contributed by atoms with Crippen LogP contribution in [0, 0.1) is 11.3 Å². The van der Waals surface area contributed by atoms with Crippen molar-refractivity contribution in [2.75, 3.05) is 31.1 Å². The Morgan fingerprint density at radius 3 is 2.18 bits per heavy atom. The van der Waals surface area contributed by atoms with Crippen molar-refractivity contribution >= 4 is 11.9 Å². The van der Waals surface area contributed by atoms with Crippen LogP contribution in [0.2, 0.25) is 0 Å². The van der Waals surface area contributed by atoms with Crippen LogP contribution < -0.4 is 9.64 Å². The first-order valence-electron chi connectivity index (χ1n) is 11.3. The molecule has 0 radical (unpaired) electrons. The number of nitrogens with zero attached hydrogens (tertiary/aromatic N) is 4. The van der Waals surface area contributed by atoms with Crippen LogP contribution >= 0.6 is 0 Å². The van der Waals surface area contributed by atoms with Gasteiger partial charge in [0.2, 0.25) is 0 Å². The number of rotatable bonds is 4. The van der Waals surface area contributed by atoms with E-state index in [2.05, 4.69) is 11.0 Å². The van der Waals surface area contributed by atoms with Gasteiger partial charge in [0.05, 0.1) is 11.3 Å². The Morgan fingerprint density at radius 2 is 1.56 bits per heavy atom. The fraction of sp³-hybridized carbons (Fsp3) is 0.296. The number of piperazine rings is 1. The minimum atomic E-state index is -0.514. The van der Waals surface area contributed by atoms with Crippen molar-refractivity contribution in [1.29, 1.82) is 5.26 Å². The van der Waals surface area contributed by atoms with Crippen molar-refractivity contribution < 1.29 is 14.3 Å². The molecule has 4 rings (SSSR count). The largest absolute Gasteiger partial charge is 0.457 e. The molecule has 1 aliphatic heterocycles. The number of benzene rings is 2. The number of hydrogen-bond donors (Lipinski definition) is 0. The summed E-state index contributed by atoms with van der Waals surface area (Å²) in [5, 5.41) is 9.63. The minimum Gasteiger partial charge on any atom is -0.457 e. The molecule has 0 atom stereocenters. The van der Waals surface area contributed by atoms with Gasteiger partial charge in [0, 0.05) is 31.7 Å². The van der Waals surface area contributed by atoms with E-state index in [1.807, 2.05) is 81.4 Å². The Kier molecular flexibility index (Phi) is 6.69. The molecule has 1 amide bonds. The first kappa shape index (κ1) is 23.1. The summed E-state index contributed by atoms with van der Waals surface area (Å²) >= 11 is 0. The summed E-state index contributed by atoms with van der Waals surface area (Å²) in [7, 11) is 0. The van der Waals surface area contributed by atoms with E-state index >= 15 is 0 Å². The maximum atomic E-state index is 12.3. The number of ether oxygens (including phenoxy) is 2. The third-order valence-corrected chi connectivity index (χ3v) is 5.36. The molecule has 0 unspecified atom stereocenters. The lowest BCUT2D eigenvalue weighted by Gasteiger charge is -2.36. The summed E-state index contributed by atoms with van der Waals surface area (Å²) in [4.78, 5) is 21.0. The molecule has 34 heavy (non-hydrogen) atoms. The highest BCUT2D eigenvalue weighted by Crippen LogP contribution is 2.28. The van der Waals surface area contributed by atoms with Gasteiger partial charge in [-0.2, -0.15) is 5.26 Å². The van der Waals surface area contributed by atoms with Crippen LogP contribution in [0.1, 0.15) is 26.3 Å². The van der Waals surface area contributed by atoms with E-state index in [9.17, 15) is 10.1 Å². The number of aromatic nitrogens is 1. The zero-order valence-electron chi connectivity index (χ0n) is 19.7. The van der Waals surface area contributed by atoms with Crippen LogP contribution in [0.15, 0.2) is 66.7 Å². The molecule has 1 aromatic heterocycles. The number of anilines is 1. The zero-order chi connectivity index (χ0) is 24.1. The fourth-order valence-electron chi connectivity index (χ4n) is 3.69. The van der Waals surface area contributed by atoms with Crippen LogP contribution in [0.5, 0.6) is 11.5 Å². The lowest BCUT2D eigenvalue weighted by Crippen LogP contribution is -2.50. The highest BCUT2D eigenvalue weighted by Gasteiger charge is 2.26. The van der Waals surface area contributed by atoms with Gasteiger partial charge in [0.25, 0.3) is 0 Å². The van der Waals surface area contributed by atoms with Crippen molar-refractivity contribution in [3.8, 4) is 28.8 Å². The molecule has 1 aliphatic rings. The molecular formula is C27H28N4O3. The topological polar surface area (TPSA) is 78.7 Å². The first-order valence-corrected chi connectivity index (χ1v) is 11.3. The van der Waals surface area contributed by atoms with Crippen molar-refractivity contribution in [2.24, 2.45) is 0 Å². The Hall–Kier alpha value is -4.05. The molecule has 0 saturated carbocycles. The average Bonchev–Trinajstić information content (AvgIpc) is 2.84. The van der Waals surface area contributed by atoms with Gasteiger partial charge in [-0.3, -0.25) is 0 Å². The third kappa shape index (κ3) is 5.65. The Morgan fingerprint density at radius 1 is 0.912 bits per heavy atom. The van der Waals surface area contributed by atoms with E-state index in [1.54, 1.807) is 11.0 Å². The van der Waals surface area contributed by atoms with Gasteiger partial charge < -0.3 is 19.3 Å². The lowest BCUT2D eigenvalue weighted by atomic mass is 10.1. The third-order valence-electron chi connectivity index (χ3n) is 5.36. The van der Waals surface area contributed by atoms with Crippen LogP contribution in [0.4, 0.5) is 10.6 Å². The van der Waals surface area contributed by atoms with Crippen LogP contribution in [0.3, 0.4) is 0 Å².